The topological polar surface area (TPSA) is 121 Å². The van der Waals surface area contributed by atoms with Crippen molar-refractivity contribution in [2.24, 2.45) is 0 Å². The molecular formula is C7H6O7. The monoisotopic (exact) mass is 202 g/mol. The van der Waals surface area contributed by atoms with Crippen molar-refractivity contribution < 1.29 is 34.4 Å². The first-order valence-electron chi connectivity index (χ1n) is 3.48. The van der Waals surface area contributed by atoms with Gasteiger partial charge >= 0.3 is 17.9 Å². The number of hydrogen-bond donors (Lipinski definition) is 3. The number of rotatable bonds is 3. The molecule has 0 spiro atoms. The number of carbonyl (C=O) groups is 3. The van der Waals surface area contributed by atoms with Crippen molar-refractivity contribution in [2.75, 3.05) is 0 Å². The molecule has 1 atom stereocenters. The zero-order valence-corrected chi connectivity index (χ0v) is 6.76. The molecule has 0 aliphatic carbocycles. The highest BCUT2D eigenvalue weighted by Crippen LogP contribution is 2.27. The molecule has 0 fully saturated rings. The SMILES string of the molecule is O=C(O)CC1(C(=O)O)C=C(O)C(=O)O1. The summed E-state index contributed by atoms with van der Waals surface area (Å²) >= 11 is 0. The molecule has 0 aromatic carbocycles. The summed E-state index contributed by atoms with van der Waals surface area (Å²) < 4.78 is 4.27. The maximum absolute atomic E-state index is 10.7. The molecule has 0 saturated heterocycles. The first kappa shape index (κ1) is 10.0. The van der Waals surface area contributed by atoms with Crippen LogP contribution in [0.2, 0.25) is 0 Å². The third-order valence-corrected chi connectivity index (χ3v) is 1.63. The maximum atomic E-state index is 10.7. The van der Waals surface area contributed by atoms with Gasteiger partial charge in [-0.3, -0.25) is 4.79 Å². The van der Waals surface area contributed by atoms with E-state index in [-0.39, 0.29) is 0 Å². The summed E-state index contributed by atoms with van der Waals surface area (Å²) in [6.45, 7) is 0. The lowest BCUT2D eigenvalue weighted by Gasteiger charge is -2.18. The van der Waals surface area contributed by atoms with Crippen LogP contribution in [0.15, 0.2) is 11.8 Å². The Kier molecular flexibility index (Phi) is 2.16. The number of esters is 1. The molecule has 0 radical (unpaired) electrons. The predicted octanol–water partition coefficient (Wildman–Crippen LogP) is -0.717. The van der Waals surface area contributed by atoms with E-state index < -0.39 is 35.7 Å². The molecule has 1 aliphatic heterocycles. The summed E-state index contributed by atoms with van der Waals surface area (Å²) in [5, 5.41) is 25.9. The van der Waals surface area contributed by atoms with Crippen LogP contribution in [0.25, 0.3) is 0 Å². The van der Waals surface area contributed by atoms with Crippen molar-refractivity contribution in [3.63, 3.8) is 0 Å². The number of carbonyl (C=O) groups excluding carboxylic acids is 1. The van der Waals surface area contributed by atoms with Gasteiger partial charge in [0.1, 0.15) is 6.42 Å². The molecule has 7 nitrogen and oxygen atoms in total. The van der Waals surface area contributed by atoms with Gasteiger partial charge in [0, 0.05) is 6.08 Å². The maximum Gasteiger partial charge on any atom is 0.374 e. The standard InChI is InChI=1S/C7H6O7/c8-3-1-7(6(12)13,2-4(9)10)14-5(3)11/h1,8H,2H2,(H,9,10)(H,12,13). The second kappa shape index (κ2) is 3.02. The van der Waals surface area contributed by atoms with E-state index in [0.717, 1.165) is 0 Å². The Morgan fingerprint density at radius 1 is 1.43 bits per heavy atom. The van der Waals surface area contributed by atoms with Gasteiger partial charge in [-0.15, -0.1) is 0 Å². The van der Waals surface area contributed by atoms with Crippen molar-refractivity contribution in [3.8, 4) is 0 Å². The van der Waals surface area contributed by atoms with Gasteiger partial charge in [0.25, 0.3) is 0 Å². The lowest BCUT2D eigenvalue weighted by Crippen LogP contribution is -2.40. The van der Waals surface area contributed by atoms with E-state index in [9.17, 15) is 14.4 Å². The first-order chi connectivity index (χ1) is 6.37. The molecule has 1 aliphatic rings. The summed E-state index contributed by atoms with van der Waals surface area (Å²) in [4.78, 5) is 31.6. The van der Waals surface area contributed by atoms with E-state index in [1.54, 1.807) is 0 Å². The number of cyclic esters (lactones) is 1. The highest BCUT2D eigenvalue weighted by atomic mass is 16.6. The van der Waals surface area contributed by atoms with Gasteiger partial charge in [0.2, 0.25) is 11.4 Å². The molecule has 3 N–H and O–H groups in total. The van der Waals surface area contributed by atoms with Gasteiger partial charge in [0.05, 0.1) is 0 Å². The molecule has 0 saturated carbocycles. The largest absolute Gasteiger partial charge is 0.502 e. The Morgan fingerprint density at radius 2 is 2.00 bits per heavy atom. The molecule has 76 valence electrons. The normalized spacial score (nSPS) is 25.4. The fourth-order valence-electron chi connectivity index (χ4n) is 1.02. The Labute approximate surface area is 77.2 Å². The number of aliphatic carboxylic acids is 2. The second-order valence-corrected chi connectivity index (χ2v) is 2.68. The van der Waals surface area contributed by atoms with Crippen LogP contribution >= 0.6 is 0 Å². The van der Waals surface area contributed by atoms with Crippen LogP contribution in [0, 0.1) is 0 Å². The fraction of sp³-hybridized carbons (Fsp3) is 0.286. The summed E-state index contributed by atoms with van der Waals surface area (Å²) in [5.41, 5.74) is -2.28. The van der Waals surface area contributed by atoms with Gasteiger partial charge in [-0.05, 0) is 0 Å². The number of ether oxygens (including phenoxy) is 1. The zero-order chi connectivity index (χ0) is 10.9. The lowest BCUT2D eigenvalue weighted by atomic mass is 10.0. The highest BCUT2D eigenvalue weighted by Gasteiger charge is 2.49. The minimum Gasteiger partial charge on any atom is -0.502 e. The molecular weight excluding hydrogens is 196 g/mol. The van der Waals surface area contributed by atoms with Crippen molar-refractivity contribution in [1.82, 2.24) is 0 Å². The van der Waals surface area contributed by atoms with Gasteiger partial charge in [-0.25, -0.2) is 9.59 Å². The van der Waals surface area contributed by atoms with Gasteiger partial charge < -0.3 is 20.1 Å². The third kappa shape index (κ3) is 1.51. The van der Waals surface area contributed by atoms with Gasteiger partial charge in [-0.1, -0.05) is 0 Å². The zero-order valence-electron chi connectivity index (χ0n) is 6.76. The van der Waals surface area contributed by atoms with Gasteiger partial charge in [0.15, 0.2) is 0 Å². The second-order valence-electron chi connectivity index (χ2n) is 2.68. The number of aliphatic hydroxyl groups is 1. The molecule has 14 heavy (non-hydrogen) atoms. The minimum absolute atomic E-state index is 0.575. The van der Waals surface area contributed by atoms with Crippen molar-refractivity contribution in [3.05, 3.63) is 11.8 Å². The van der Waals surface area contributed by atoms with Crippen molar-refractivity contribution in [2.45, 2.75) is 12.0 Å². The minimum atomic E-state index is -2.28. The van der Waals surface area contributed by atoms with E-state index in [0.29, 0.717) is 6.08 Å². The average molecular weight is 202 g/mol. The first-order valence-corrected chi connectivity index (χ1v) is 3.48. The molecule has 0 aromatic rings. The van der Waals surface area contributed by atoms with E-state index in [1.807, 2.05) is 0 Å². The Balaban J connectivity index is 3.03. The van der Waals surface area contributed by atoms with E-state index in [2.05, 4.69) is 4.74 Å². The van der Waals surface area contributed by atoms with Crippen LogP contribution in [-0.4, -0.2) is 38.8 Å². The Bertz CT molecular complexity index is 342. The smallest absolute Gasteiger partial charge is 0.374 e. The van der Waals surface area contributed by atoms with Crippen LogP contribution in [0.4, 0.5) is 0 Å². The molecule has 7 heteroatoms. The van der Waals surface area contributed by atoms with Crippen LogP contribution in [0.1, 0.15) is 6.42 Å². The summed E-state index contributed by atoms with van der Waals surface area (Å²) in [6, 6.07) is 0. The predicted molar refractivity (Wildman–Crippen MR) is 39.4 cm³/mol. The van der Waals surface area contributed by atoms with Crippen molar-refractivity contribution >= 4 is 17.9 Å². The summed E-state index contributed by atoms with van der Waals surface area (Å²) in [5.74, 6) is -5.23. The van der Waals surface area contributed by atoms with Crippen LogP contribution in [-0.2, 0) is 19.1 Å². The Hall–Kier alpha value is -2.05. The number of carboxylic acids is 2. The van der Waals surface area contributed by atoms with Crippen molar-refractivity contribution in [1.29, 1.82) is 0 Å². The number of aliphatic hydroxyl groups excluding tert-OH is 1. The third-order valence-electron chi connectivity index (χ3n) is 1.63. The molecule has 0 bridgehead atoms. The molecule has 1 heterocycles. The Morgan fingerprint density at radius 3 is 2.29 bits per heavy atom. The van der Waals surface area contributed by atoms with E-state index in [1.165, 1.54) is 0 Å². The summed E-state index contributed by atoms with van der Waals surface area (Å²) in [6.07, 6.45) is -0.357. The molecule has 1 rings (SSSR count). The number of hydrogen-bond acceptors (Lipinski definition) is 5. The molecule has 0 aromatic heterocycles. The number of carboxylic acid groups (broad SMARTS) is 2. The lowest BCUT2D eigenvalue weighted by molar-refractivity contribution is -0.171. The van der Waals surface area contributed by atoms with Crippen LogP contribution in [0.5, 0.6) is 0 Å². The summed E-state index contributed by atoms with van der Waals surface area (Å²) in [7, 11) is 0. The van der Waals surface area contributed by atoms with Gasteiger partial charge in [-0.2, -0.15) is 0 Å². The average Bonchev–Trinajstić information content (AvgIpc) is 2.27. The molecule has 0 amide bonds. The molecule has 1 unspecified atom stereocenters. The highest BCUT2D eigenvalue weighted by molar-refractivity contribution is 5.98. The van der Waals surface area contributed by atoms with E-state index in [4.69, 9.17) is 15.3 Å². The fourth-order valence-corrected chi connectivity index (χ4v) is 1.02. The van der Waals surface area contributed by atoms with Crippen LogP contribution in [0.3, 0.4) is 0 Å². The van der Waals surface area contributed by atoms with Crippen LogP contribution < -0.4 is 0 Å². The quantitative estimate of drug-likeness (QED) is 0.516. The van der Waals surface area contributed by atoms with E-state index >= 15 is 0 Å².